The number of carboxylic acid groups (broad SMARTS) is 1. The Balaban J connectivity index is 1.63. The van der Waals surface area contributed by atoms with Crippen molar-refractivity contribution in [2.24, 2.45) is 0 Å². The van der Waals surface area contributed by atoms with E-state index in [4.69, 9.17) is 19.0 Å². The third kappa shape index (κ3) is 4.68. The van der Waals surface area contributed by atoms with Gasteiger partial charge in [-0.05, 0) is 44.0 Å². The van der Waals surface area contributed by atoms with Crippen LogP contribution in [0, 0.1) is 6.92 Å². The number of benzene rings is 1. The summed E-state index contributed by atoms with van der Waals surface area (Å²) >= 11 is 0. The van der Waals surface area contributed by atoms with Crippen LogP contribution in [0.5, 0.6) is 5.75 Å². The molecule has 1 atom stereocenters. The molecule has 3 rings (SSSR count). The number of ether oxygens (including phenoxy) is 2. The van der Waals surface area contributed by atoms with E-state index in [9.17, 15) is 9.59 Å². The summed E-state index contributed by atoms with van der Waals surface area (Å²) in [7, 11) is 1.64. The zero-order valence-electron chi connectivity index (χ0n) is 15.4. The number of carboxylic acids is 1. The fraction of sp³-hybridized carbons (Fsp3) is 0.400. The molecule has 1 aliphatic rings. The van der Waals surface area contributed by atoms with Gasteiger partial charge < -0.3 is 23.9 Å². The topological polar surface area (TPSA) is 89.2 Å². The van der Waals surface area contributed by atoms with E-state index in [1.807, 2.05) is 0 Å². The Morgan fingerprint density at radius 3 is 2.81 bits per heavy atom. The minimum absolute atomic E-state index is 0.107. The molecule has 1 unspecified atom stereocenters. The lowest BCUT2D eigenvalue weighted by Crippen LogP contribution is -2.26. The van der Waals surface area contributed by atoms with Crippen molar-refractivity contribution >= 4 is 11.9 Å². The van der Waals surface area contributed by atoms with Gasteiger partial charge in [0.1, 0.15) is 29.4 Å². The number of carbonyl (C=O) groups is 2. The molecule has 0 bridgehead atoms. The number of nitrogens with zero attached hydrogens (tertiary/aromatic N) is 1. The standard InChI is InChI=1S/C20H23NO6/c1-13-18(20(23)24)10-17(27-13)11-21(2)19(22)14-5-3-6-15(9-14)26-12-16-7-4-8-25-16/h3,5-6,9-10,16H,4,7-8,11-12H2,1-2H3,(H,23,24). The van der Waals surface area contributed by atoms with E-state index in [1.54, 1.807) is 38.2 Å². The number of hydrogen-bond acceptors (Lipinski definition) is 5. The van der Waals surface area contributed by atoms with Crippen LogP contribution in [-0.2, 0) is 11.3 Å². The van der Waals surface area contributed by atoms with Gasteiger partial charge in [0.15, 0.2) is 0 Å². The average Bonchev–Trinajstić information content (AvgIpc) is 3.29. The van der Waals surface area contributed by atoms with Gasteiger partial charge in [-0.25, -0.2) is 4.79 Å². The summed E-state index contributed by atoms with van der Waals surface area (Å²) < 4.78 is 16.7. The number of carbonyl (C=O) groups excluding carboxylic acids is 1. The summed E-state index contributed by atoms with van der Waals surface area (Å²) in [5.41, 5.74) is 0.597. The Hall–Kier alpha value is -2.80. The maximum atomic E-state index is 12.7. The summed E-state index contributed by atoms with van der Waals surface area (Å²) in [5.74, 6) is 0.109. The molecule has 27 heavy (non-hydrogen) atoms. The first-order valence-corrected chi connectivity index (χ1v) is 8.86. The van der Waals surface area contributed by atoms with Crippen molar-refractivity contribution in [2.45, 2.75) is 32.4 Å². The van der Waals surface area contributed by atoms with E-state index in [-0.39, 0.29) is 24.1 Å². The van der Waals surface area contributed by atoms with Gasteiger partial charge in [-0.15, -0.1) is 0 Å². The molecule has 1 N–H and O–H groups in total. The molecule has 2 aromatic rings. The van der Waals surface area contributed by atoms with Crippen molar-refractivity contribution in [1.82, 2.24) is 4.90 Å². The summed E-state index contributed by atoms with van der Waals surface area (Å²) in [4.78, 5) is 25.3. The monoisotopic (exact) mass is 373 g/mol. The number of aryl methyl sites for hydroxylation is 1. The molecule has 0 aliphatic carbocycles. The van der Waals surface area contributed by atoms with Gasteiger partial charge in [0.2, 0.25) is 0 Å². The summed E-state index contributed by atoms with van der Waals surface area (Å²) in [6.45, 7) is 3.00. The van der Waals surface area contributed by atoms with Crippen molar-refractivity contribution in [3.63, 3.8) is 0 Å². The van der Waals surface area contributed by atoms with Crippen LogP contribution in [0.25, 0.3) is 0 Å². The zero-order chi connectivity index (χ0) is 19.4. The second kappa shape index (κ2) is 8.26. The molecule has 1 aliphatic heterocycles. The number of amides is 1. The lowest BCUT2D eigenvalue weighted by atomic mass is 10.2. The van der Waals surface area contributed by atoms with Crippen LogP contribution in [-0.4, -0.2) is 48.2 Å². The lowest BCUT2D eigenvalue weighted by molar-refractivity contribution is 0.0677. The van der Waals surface area contributed by atoms with Crippen LogP contribution in [0.3, 0.4) is 0 Å². The van der Waals surface area contributed by atoms with E-state index in [0.29, 0.717) is 29.4 Å². The highest BCUT2D eigenvalue weighted by atomic mass is 16.5. The second-order valence-corrected chi connectivity index (χ2v) is 6.62. The van der Waals surface area contributed by atoms with E-state index in [0.717, 1.165) is 19.4 Å². The Labute approximate surface area is 157 Å². The molecule has 1 fully saturated rings. The van der Waals surface area contributed by atoms with Gasteiger partial charge in [-0.3, -0.25) is 4.79 Å². The maximum Gasteiger partial charge on any atom is 0.339 e. The molecule has 0 radical (unpaired) electrons. The molecule has 2 heterocycles. The fourth-order valence-corrected chi connectivity index (χ4v) is 3.04. The smallest absolute Gasteiger partial charge is 0.339 e. The maximum absolute atomic E-state index is 12.7. The number of hydrogen-bond donors (Lipinski definition) is 1. The average molecular weight is 373 g/mol. The van der Waals surface area contributed by atoms with Crippen molar-refractivity contribution in [3.05, 3.63) is 53.0 Å². The Morgan fingerprint density at radius 1 is 1.33 bits per heavy atom. The highest BCUT2D eigenvalue weighted by Crippen LogP contribution is 2.20. The van der Waals surface area contributed by atoms with Gasteiger partial charge in [0.05, 0.1) is 12.6 Å². The third-order valence-corrected chi connectivity index (χ3v) is 4.48. The lowest BCUT2D eigenvalue weighted by Gasteiger charge is -2.17. The Kier molecular flexibility index (Phi) is 5.81. The zero-order valence-corrected chi connectivity index (χ0v) is 15.4. The van der Waals surface area contributed by atoms with Gasteiger partial charge in [-0.1, -0.05) is 6.07 Å². The van der Waals surface area contributed by atoms with Gasteiger partial charge in [-0.2, -0.15) is 0 Å². The molecule has 7 nitrogen and oxygen atoms in total. The van der Waals surface area contributed by atoms with Gasteiger partial charge >= 0.3 is 5.97 Å². The summed E-state index contributed by atoms with van der Waals surface area (Å²) in [6, 6.07) is 8.44. The molecule has 0 saturated carbocycles. The molecule has 7 heteroatoms. The first-order valence-electron chi connectivity index (χ1n) is 8.86. The van der Waals surface area contributed by atoms with Crippen LogP contribution in [0.1, 0.15) is 45.1 Å². The quantitative estimate of drug-likeness (QED) is 0.802. The predicted molar refractivity (Wildman–Crippen MR) is 97.1 cm³/mol. The van der Waals surface area contributed by atoms with E-state index < -0.39 is 5.97 Å². The number of aromatic carboxylic acids is 1. The highest BCUT2D eigenvalue weighted by Gasteiger charge is 2.19. The molecule has 0 spiro atoms. The SMILES string of the molecule is Cc1oc(CN(C)C(=O)c2cccc(OCC3CCCO3)c2)cc1C(=O)O. The van der Waals surface area contributed by atoms with Gasteiger partial charge in [0.25, 0.3) is 5.91 Å². The van der Waals surface area contributed by atoms with Crippen molar-refractivity contribution in [3.8, 4) is 5.75 Å². The number of rotatable bonds is 7. The first kappa shape index (κ1) is 19.0. The molecule has 1 amide bonds. The molecule has 144 valence electrons. The van der Waals surface area contributed by atoms with Gasteiger partial charge in [0, 0.05) is 19.2 Å². The van der Waals surface area contributed by atoms with Crippen LogP contribution in [0.15, 0.2) is 34.7 Å². The van der Waals surface area contributed by atoms with Crippen LogP contribution in [0.2, 0.25) is 0 Å². The molecular weight excluding hydrogens is 350 g/mol. The second-order valence-electron chi connectivity index (χ2n) is 6.62. The molecule has 1 saturated heterocycles. The van der Waals surface area contributed by atoms with E-state index in [1.165, 1.54) is 11.0 Å². The Morgan fingerprint density at radius 2 is 2.15 bits per heavy atom. The minimum Gasteiger partial charge on any atom is -0.491 e. The normalized spacial score (nSPS) is 16.3. The van der Waals surface area contributed by atoms with Crippen molar-refractivity contribution < 1.29 is 28.6 Å². The Bertz CT molecular complexity index is 822. The third-order valence-electron chi connectivity index (χ3n) is 4.48. The largest absolute Gasteiger partial charge is 0.491 e. The minimum atomic E-state index is -1.05. The van der Waals surface area contributed by atoms with Crippen LogP contribution in [0.4, 0.5) is 0 Å². The highest BCUT2D eigenvalue weighted by molar-refractivity contribution is 5.94. The van der Waals surface area contributed by atoms with E-state index >= 15 is 0 Å². The molecule has 1 aromatic heterocycles. The molecule has 1 aromatic carbocycles. The van der Waals surface area contributed by atoms with Crippen LogP contribution >= 0.6 is 0 Å². The molecular formula is C20H23NO6. The van der Waals surface area contributed by atoms with Crippen molar-refractivity contribution in [1.29, 1.82) is 0 Å². The summed E-state index contributed by atoms with van der Waals surface area (Å²) in [5, 5.41) is 9.10. The number of furan rings is 1. The van der Waals surface area contributed by atoms with Crippen LogP contribution < -0.4 is 4.74 Å². The van der Waals surface area contributed by atoms with E-state index in [2.05, 4.69) is 0 Å². The van der Waals surface area contributed by atoms with Crippen molar-refractivity contribution in [2.75, 3.05) is 20.3 Å². The first-order chi connectivity index (χ1) is 12.9. The predicted octanol–water partition coefficient (Wildman–Crippen LogP) is 3.12. The summed E-state index contributed by atoms with van der Waals surface area (Å²) in [6.07, 6.45) is 2.15. The fourth-order valence-electron chi connectivity index (χ4n) is 3.04.